The van der Waals surface area contributed by atoms with E-state index in [0.717, 1.165) is 0 Å². The Morgan fingerprint density at radius 1 is 1.36 bits per heavy atom. The number of hydrogen-bond acceptors (Lipinski definition) is 1. The van der Waals surface area contributed by atoms with E-state index in [-0.39, 0.29) is 0 Å². The summed E-state index contributed by atoms with van der Waals surface area (Å²) in [6.07, 6.45) is 9.22. The zero-order chi connectivity index (χ0) is 8.10. The lowest BCUT2D eigenvalue weighted by molar-refractivity contribution is 0.408. The van der Waals surface area contributed by atoms with Crippen LogP contribution in [-0.2, 0) is 0 Å². The van der Waals surface area contributed by atoms with Gasteiger partial charge in [0.15, 0.2) is 0 Å². The van der Waals surface area contributed by atoms with Gasteiger partial charge in [0, 0.05) is 6.54 Å². The first kappa shape index (κ1) is 8.79. The fourth-order valence-electron chi connectivity index (χ4n) is 1.50. The maximum Gasteiger partial charge on any atom is 0.00125 e. The highest BCUT2D eigenvalue weighted by Gasteiger charge is 2.02. The number of rotatable bonds is 3. The van der Waals surface area contributed by atoms with Crippen molar-refractivity contribution >= 4 is 0 Å². The van der Waals surface area contributed by atoms with Gasteiger partial charge in [-0.25, -0.2) is 0 Å². The van der Waals surface area contributed by atoms with Crippen molar-refractivity contribution in [2.45, 2.75) is 32.1 Å². The summed E-state index contributed by atoms with van der Waals surface area (Å²) in [4.78, 5) is 2.26. The van der Waals surface area contributed by atoms with Gasteiger partial charge < -0.3 is 4.90 Å². The molecule has 0 N–H and O–H groups in total. The quantitative estimate of drug-likeness (QED) is 0.563. The van der Waals surface area contributed by atoms with Gasteiger partial charge >= 0.3 is 0 Å². The molecule has 0 fully saturated rings. The molecule has 1 aliphatic rings. The fraction of sp³-hybridized carbons (Fsp3) is 0.800. The topological polar surface area (TPSA) is 3.24 Å². The zero-order valence-electron chi connectivity index (χ0n) is 7.77. The third kappa shape index (κ3) is 3.57. The molecule has 0 unspecified atom stereocenters. The highest BCUT2D eigenvalue weighted by molar-refractivity contribution is 5.04. The van der Waals surface area contributed by atoms with E-state index < -0.39 is 0 Å². The van der Waals surface area contributed by atoms with Crippen molar-refractivity contribution in [2.75, 3.05) is 20.6 Å². The molecule has 1 nitrogen and oxygen atoms in total. The Bertz CT molecular complexity index is 136. The minimum atomic E-state index is 1.21. The molecule has 0 heterocycles. The normalized spacial score (nSPS) is 18.6. The number of hydrogen-bond donors (Lipinski definition) is 0. The van der Waals surface area contributed by atoms with Gasteiger partial charge in [0.1, 0.15) is 0 Å². The van der Waals surface area contributed by atoms with Gasteiger partial charge in [-0.3, -0.25) is 0 Å². The Hall–Kier alpha value is -0.300. The van der Waals surface area contributed by atoms with Gasteiger partial charge in [0.2, 0.25) is 0 Å². The minimum Gasteiger partial charge on any atom is -0.309 e. The van der Waals surface area contributed by atoms with E-state index >= 15 is 0 Å². The summed E-state index contributed by atoms with van der Waals surface area (Å²) in [7, 11) is 4.28. The van der Waals surface area contributed by atoms with Crippen molar-refractivity contribution in [2.24, 2.45) is 0 Å². The van der Waals surface area contributed by atoms with Gasteiger partial charge in [-0.1, -0.05) is 11.6 Å². The van der Waals surface area contributed by atoms with Crippen LogP contribution in [0.15, 0.2) is 11.6 Å². The van der Waals surface area contributed by atoms with Crippen LogP contribution < -0.4 is 0 Å². The van der Waals surface area contributed by atoms with Gasteiger partial charge in [-0.2, -0.15) is 0 Å². The van der Waals surface area contributed by atoms with Crippen molar-refractivity contribution in [3.63, 3.8) is 0 Å². The largest absolute Gasteiger partial charge is 0.309 e. The van der Waals surface area contributed by atoms with Gasteiger partial charge in [-0.15, -0.1) is 0 Å². The summed E-state index contributed by atoms with van der Waals surface area (Å²) in [5.41, 5.74) is 1.69. The monoisotopic (exact) mass is 153 g/mol. The molecule has 0 saturated carbocycles. The van der Waals surface area contributed by atoms with E-state index in [1.54, 1.807) is 5.57 Å². The summed E-state index contributed by atoms with van der Waals surface area (Å²) in [5.74, 6) is 0. The number of allylic oxidation sites excluding steroid dienone is 1. The molecule has 1 aliphatic carbocycles. The highest BCUT2D eigenvalue weighted by Crippen LogP contribution is 2.19. The van der Waals surface area contributed by atoms with Crippen LogP contribution in [0, 0.1) is 0 Å². The smallest absolute Gasteiger partial charge is 0.00125 e. The van der Waals surface area contributed by atoms with Crippen molar-refractivity contribution in [1.82, 2.24) is 4.90 Å². The average molecular weight is 153 g/mol. The molecule has 0 aromatic rings. The van der Waals surface area contributed by atoms with Crippen molar-refractivity contribution < 1.29 is 0 Å². The van der Waals surface area contributed by atoms with Crippen LogP contribution in [-0.4, -0.2) is 25.5 Å². The summed E-state index contributed by atoms with van der Waals surface area (Å²) in [6, 6.07) is 0. The van der Waals surface area contributed by atoms with Crippen molar-refractivity contribution in [1.29, 1.82) is 0 Å². The van der Waals surface area contributed by atoms with Crippen LogP contribution in [0.1, 0.15) is 32.1 Å². The third-order valence-electron chi connectivity index (χ3n) is 2.27. The van der Waals surface area contributed by atoms with Crippen LogP contribution in [0.3, 0.4) is 0 Å². The van der Waals surface area contributed by atoms with Gasteiger partial charge in [-0.05, 0) is 46.2 Å². The molecule has 1 heteroatoms. The molecule has 0 amide bonds. The SMILES string of the molecule is CN(C)CCC1=CCCCC1. The molecule has 0 atom stereocenters. The Morgan fingerprint density at radius 2 is 2.18 bits per heavy atom. The van der Waals surface area contributed by atoms with E-state index in [1.165, 1.54) is 38.6 Å². The predicted molar refractivity (Wildman–Crippen MR) is 49.7 cm³/mol. The molecule has 0 bridgehead atoms. The third-order valence-corrected chi connectivity index (χ3v) is 2.27. The Kier molecular flexibility index (Phi) is 3.64. The highest BCUT2D eigenvalue weighted by atomic mass is 15.0. The second-order valence-corrected chi connectivity index (χ2v) is 3.66. The molecule has 0 saturated heterocycles. The van der Waals surface area contributed by atoms with E-state index in [1.807, 2.05) is 0 Å². The molecule has 0 radical (unpaired) electrons. The van der Waals surface area contributed by atoms with Crippen LogP contribution in [0.25, 0.3) is 0 Å². The standard InChI is InChI=1S/C10H19N/c1-11(2)9-8-10-6-4-3-5-7-10/h6H,3-5,7-9H2,1-2H3. The summed E-state index contributed by atoms with van der Waals surface area (Å²) in [5, 5.41) is 0. The Balaban J connectivity index is 2.19. The van der Waals surface area contributed by atoms with Crippen LogP contribution in [0.5, 0.6) is 0 Å². The van der Waals surface area contributed by atoms with Crippen LogP contribution in [0.4, 0.5) is 0 Å². The maximum absolute atomic E-state index is 2.44. The van der Waals surface area contributed by atoms with E-state index in [0.29, 0.717) is 0 Å². The first-order chi connectivity index (χ1) is 5.29. The van der Waals surface area contributed by atoms with Gasteiger partial charge in [0.25, 0.3) is 0 Å². The lowest BCUT2D eigenvalue weighted by Crippen LogP contribution is -2.13. The van der Waals surface area contributed by atoms with E-state index in [4.69, 9.17) is 0 Å². The number of nitrogens with zero attached hydrogens (tertiary/aromatic N) is 1. The van der Waals surface area contributed by atoms with E-state index in [9.17, 15) is 0 Å². The first-order valence-corrected chi connectivity index (χ1v) is 4.61. The molecular weight excluding hydrogens is 134 g/mol. The summed E-state index contributed by atoms with van der Waals surface area (Å²) in [6.45, 7) is 1.21. The maximum atomic E-state index is 2.44. The van der Waals surface area contributed by atoms with Crippen molar-refractivity contribution in [3.05, 3.63) is 11.6 Å². The van der Waals surface area contributed by atoms with Crippen molar-refractivity contribution in [3.8, 4) is 0 Å². The van der Waals surface area contributed by atoms with Crippen LogP contribution >= 0.6 is 0 Å². The second kappa shape index (κ2) is 4.55. The fourth-order valence-corrected chi connectivity index (χ4v) is 1.50. The summed E-state index contributed by atoms with van der Waals surface area (Å²) < 4.78 is 0. The molecular formula is C10H19N. The lowest BCUT2D eigenvalue weighted by Gasteiger charge is -2.15. The average Bonchev–Trinajstić information content (AvgIpc) is 2.03. The molecule has 11 heavy (non-hydrogen) atoms. The zero-order valence-corrected chi connectivity index (χ0v) is 7.77. The molecule has 0 aromatic carbocycles. The predicted octanol–water partition coefficient (Wildman–Crippen LogP) is 2.44. The van der Waals surface area contributed by atoms with Crippen LogP contribution in [0.2, 0.25) is 0 Å². The van der Waals surface area contributed by atoms with Gasteiger partial charge in [0.05, 0.1) is 0 Å². The first-order valence-electron chi connectivity index (χ1n) is 4.61. The summed E-state index contributed by atoms with van der Waals surface area (Å²) >= 11 is 0. The van der Waals surface area contributed by atoms with E-state index in [2.05, 4.69) is 25.1 Å². The molecule has 0 spiro atoms. The molecule has 0 aliphatic heterocycles. The minimum absolute atomic E-state index is 1.21. The Morgan fingerprint density at radius 3 is 2.73 bits per heavy atom. The second-order valence-electron chi connectivity index (χ2n) is 3.66. The Labute approximate surface area is 70.1 Å². The lowest BCUT2D eigenvalue weighted by atomic mass is 9.97. The molecule has 64 valence electrons. The molecule has 0 aromatic heterocycles. The molecule has 1 rings (SSSR count).